The molecule has 8 nitrogen and oxygen atoms in total. The van der Waals surface area contributed by atoms with E-state index >= 15 is 0 Å². The highest BCUT2D eigenvalue weighted by atomic mass is 16.4. The van der Waals surface area contributed by atoms with Crippen LogP contribution in [-0.2, 0) is 20.9 Å². The Bertz CT molecular complexity index is 629. The fraction of sp³-hybridized carbons (Fsp3) is 0.400. The van der Waals surface area contributed by atoms with Crippen LogP contribution in [0.3, 0.4) is 0 Å². The zero-order valence-electron chi connectivity index (χ0n) is 12.9. The maximum atomic E-state index is 11.4. The maximum absolute atomic E-state index is 11.4. The number of nitrogens with zero attached hydrogens (tertiary/aromatic N) is 1. The predicted octanol–water partition coefficient (Wildman–Crippen LogP) is 0.224. The summed E-state index contributed by atoms with van der Waals surface area (Å²) in [6.07, 6.45) is -0.520. The van der Waals surface area contributed by atoms with Gasteiger partial charge in [-0.3, -0.25) is 19.3 Å². The van der Waals surface area contributed by atoms with Crippen LogP contribution in [0, 0.1) is 13.8 Å². The normalized spacial score (nSPS) is 12.1. The Morgan fingerprint density at radius 1 is 1.22 bits per heavy atom. The molecule has 0 aliphatic rings. The van der Waals surface area contributed by atoms with Crippen LogP contribution in [-0.4, -0.2) is 50.7 Å². The van der Waals surface area contributed by atoms with Crippen LogP contribution in [0.25, 0.3) is 0 Å². The largest absolute Gasteiger partial charge is 0.507 e. The highest BCUT2D eigenvalue weighted by Crippen LogP contribution is 2.26. The molecule has 0 radical (unpaired) electrons. The average Bonchev–Trinajstić information content (AvgIpc) is 2.39. The number of carboxylic acids is 2. The predicted molar refractivity (Wildman–Crippen MR) is 80.9 cm³/mol. The van der Waals surface area contributed by atoms with Gasteiger partial charge in [0.25, 0.3) is 0 Å². The van der Waals surface area contributed by atoms with E-state index in [1.54, 1.807) is 26.0 Å². The molecule has 0 unspecified atom stereocenters. The third-order valence-corrected chi connectivity index (χ3v) is 3.36. The zero-order chi connectivity index (χ0) is 17.7. The van der Waals surface area contributed by atoms with E-state index in [9.17, 15) is 24.6 Å². The Hall–Kier alpha value is -2.61. The second-order valence-electron chi connectivity index (χ2n) is 5.41. The van der Waals surface area contributed by atoms with Gasteiger partial charge in [0.15, 0.2) is 0 Å². The molecule has 0 aliphatic carbocycles. The summed E-state index contributed by atoms with van der Waals surface area (Å²) in [6, 6.07) is 2.00. The van der Waals surface area contributed by atoms with Crippen molar-refractivity contribution >= 4 is 17.8 Å². The van der Waals surface area contributed by atoms with E-state index in [4.69, 9.17) is 10.8 Å². The monoisotopic (exact) mass is 324 g/mol. The van der Waals surface area contributed by atoms with Crippen LogP contribution in [0.2, 0.25) is 0 Å². The molecule has 0 heterocycles. The smallest absolute Gasteiger partial charge is 0.321 e. The fourth-order valence-electron chi connectivity index (χ4n) is 2.40. The maximum Gasteiger partial charge on any atom is 0.321 e. The minimum absolute atomic E-state index is 0.0331. The number of nitrogens with two attached hydrogens (primary N) is 1. The summed E-state index contributed by atoms with van der Waals surface area (Å²) in [4.78, 5) is 34.5. The Kier molecular flexibility index (Phi) is 6.09. The van der Waals surface area contributed by atoms with Gasteiger partial charge in [0.2, 0.25) is 5.91 Å². The molecule has 1 aromatic rings. The number of hydrogen-bond donors (Lipinski definition) is 4. The molecule has 126 valence electrons. The number of aryl methyl sites for hydroxylation is 2. The van der Waals surface area contributed by atoms with E-state index in [0.29, 0.717) is 11.1 Å². The third-order valence-electron chi connectivity index (χ3n) is 3.36. The van der Waals surface area contributed by atoms with Crippen LogP contribution in [0.5, 0.6) is 5.75 Å². The van der Waals surface area contributed by atoms with Gasteiger partial charge in [0.1, 0.15) is 11.8 Å². The number of aromatic hydroxyl groups is 1. The lowest BCUT2D eigenvalue weighted by molar-refractivity contribution is -0.148. The highest BCUT2D eigenvalue weighted by Gasteiger charge is 2.29. The van der Waals surface area contributed by atoms with Crippen molar-refractivity contribution in [3.63, 3.8) is 0 Å². The Labute approximate surface area is 133 Å². The summed E-state index contributed by atoms with van der Waals surface area (Å²) in [5, 5.41) is 28.3. The number of amides is 1. The molecule has 0 fully saturated rings. The number of primary amides is 1. The van der Waals surface area contributed by atoms with Gasteiger partial charge in [-0.25, -0.2) is 0 Å². The molecule has 0 saturated carbocycles. The van der Waals surface area contributed by atoms with Gasteiger partial charge in [-0.05, 0) is 19.4 Å². The number of phenols is 1. The van der Waals surface area contributed by atoms with Crippen molar-refractivity contribution in [2.24, 2.45) is 5.73 Å². The number of phenolic OH excluding ortho intramolecular Hbond substituents is 1. The van der Waals surface area contributed by atoms with Gasteiger partial charge < -0.3 is 21.1 Å². The van der Waals surface area contributed by atoms with E-state index in [1.165, 1.54) is 0 Å². The molecule has 0 spiro atoms. The third kappa shape index (κ3) is 5.26. The van der Waals surface area contributed by atoms with Gasteiger partial charge in [-0.1, -0.05) is 17.7 Å². The first-order valence-corrected chi connectivity index (χ1v) is 6.87. The van der Waals surface area contributed by atoms with Crippen molar-refractivity contribution in [3.05, 3.63) is 28.8 Å². The summed E-state index contributed by atoms with van der Waals surface area (Å²) in [7, 11) is 0. The number of aliphatic carboxylic acids is 2. The summed E-state index contributed by atoms with van der Waals surface area (Å²) in [5.41, 5.74) is 6.87. The quantitative estimate of drug-likeness (QED) is 0.536. The lowest BCUT2D eigenvalue weighted by atomic mass is 10.0. The Morgan fingerprint density at radius 3 is 2.30 bits per heavy atom. The number of carboxylic acid groups (broad SMARTS) is 2. The van der Waals surface area contributed by atoms with E-state index in [2.05, 4.69) is 0 Å². The second-order valence-corrected chi connectivity index (χ2v) is 5.41. The average molecular weight is 324 g/mol. The number of carbonyl (C=O) groups excluding carboxylic acids is 1. The van der Waals surface area contributed by atoms with E-state index in [-0.39, 0.29) is 12.3 Å². The zero-order valence-corrected chi connectivity index (χ0v) is 12.9. The molecule has 8 heteroatoms. The van der Waals surface area contributed by atoms with E-state index in [1.807, 2.05) is 0 Å². The Balaban J connectivity index is 3.18. The van der Waals surface area contributed by atoms with Gasteiger partial charge in [0.05, 0.1) is 13.0 Å². The SMILES string of the molecule is Cc1cc(C)c(O)c(CN(CC(=O)O)[C@@H](CC(N)=O)C(=O)O)c1. The molecule has 1 rings (SSSR count). The van der Waals surface area contributed by atoms with Crippen molar-refractivity contribution in [3.8, 4) is 5.75 Å². The van der Waals surface area contributed by atoms with Crippen LogP contribution < -0.4 is 5.73 Å². The first kappa shape index (κ1) is 18.4. The second kappa shape index (κ2) is 7.59. The van der Waals surface area contributed by atoms with Gasteiger partial charge in [-0.15, -0.1) is 0 Å². The van der Waals surface area contributed by atoms with E-state index < -0.39 is 36.9 Å². The Morgan fingerprint density at radius 2 is 1.83 bits per heavy atom. The van der Waals surface area contributed by atoms with Crippen LogP contribution in [0.1, 0.15) is 23.1 Å². The molecule has 0 aromatic heterocycles. The number of hydrogen-bond acceptors (Lipinski definition) is 5. The van der Waals surface area contributed by atoms with Gasteiger partial charge >= 0.3 is 11.9 Å². The minimum atomic E-state index is -1.39. The summed E-state index contributed by atoms with van der Waals surface area (Å²) in [6.45, 7) is 2.75. The molecule has 0 saturated heterocycles. The van der Waals surface area contributed by atoms with Crippen molar-refractivity contribution in [2.75, 3.05) is 6.54 Å². The molecule has 23 heavy (non-hydrogen) atoms. The van der Waals surface area contributed by atoms with Crippen molar-refractivity contribution in [1.82, 2.24) is 4.90 Å². The highest BCUT2D eigenvalue weighted by molar-refractivity contribution is 5.84. The molecule has 1 atom stereocenters. The number of carbonyl (C=O) groups is 3. The topological polar surface area (TPSA) is 141 Å². The fourth-order valence-corrected chi connectivity index (χ4v) is 2.40. The first-order chi connectivity index (χ1) is 10.6. The van der Waals surface area contributed by atoms with Crippen molar-refractivity contribution in [1.29, 1.82) is 0 Å². The summed E-state index contributed by atoms with van der Waals surface area (Å²) >= 11 is 0. The molecule has 1 aromatic carbocycles. The van der Waals surface area contributed by atoms with Crippen molar-refractivity contribution in [2.45, 2.75) is 32.9 Å². The van der Waals surface area contributed by atoms with E-state index in [0.717, 1.165) is 10.5 Å². The standard InChI is InChI=1S/C15H20N2O6/c1-8-3-9(2)14(21)10(4-8)6-17(7-13(19)20)11(15(22)23)5-12(16)18/h3-4,11,21H,5-7H2,1-2H3,(H2,16,18)(H,19,20)(H,22,23)/t11-/m0/s1. The molecule has 0 bridgehead atoms. The number of rotatable bonds is 8. The van der Waals surface area contributed by atoms with Crippen molar-refractivity contribution < 1.29 is 29.7 Å². The molecule has 1 amide bonds. The molecule has 0 aliphatic heterocycles. The van der Waals surface area contributed by atoms with Crippen LogP contribution in [0.4, 0.5) is 0 Å². The summed E-state index contributed by atoms with van der Waals surface area (Å²) < 4.78 is 0. The first-order valence-electron chi connectivity index (χ1n) is 6.87. The van der Waals surface area contributed by atoms with Crippen LogP contribution >= 0.6 is 0 Å². The molecular formula is C15H20N2O6. The number of benzene rings is 1. The minimum Gasteiger partial charge on any atom is -0.507 e. The van der Waals surface area contributed by atoms with Crippen LogP contribution in [0.15, 0.2) is 12.1 Å². The molecular weight excluding hydrogens is 304 g/mol. The lowest BCUT2D eigenvalue weighted by Crippen LogP contribution is -2.45. The summed E-state index contributed by atoms with van der Waals surface area (Å²) in [5.74, 6) is -3.48. The van der Waals surface area contributed by atoms with Gasteiger partial charge in [0, 0.05) is 12.1 Å². The molecule has 5 N–H and O–H groups in total. The lowest BCUT2D eigenvalue weighted by Gasteiger charge is -2.27. The van der Waals surface area contributed by atoms with Gasteiger partial charge in [-0.2, -0.15) is 0 Å².